The number of aromatic carboxylic acids is 1. The van der Waals surface area contributed by atoms with Crippen LogP contribution < -0.4 is 4.74 Å². The van der Waals surface area contributed by atoms with E-state index in [-0.39, 0.29) is 12.1 Å². The molecule has 0 bridgehead atoms. The molecule has 0 spiro atoms. The molecule has 6 nitrogen and oxygen atoms in total. The van der Waals surface area contributed by atoms with Crippen molar-refractivity contribution >= 4 is 17.7 Å². The lowest BCUT2D eigenvalue weighted by molar-refractivity contribution is -0.479. The molecular weight excluding hydrogens is 318 g/mol. The second-order valence-electron chi connectivity index (χ2n) is 4.70. The largest absolute Gasteiger partial charge is 0.497 e. The van der Waals surface area contributed by atoms with Crippen LogP contribution >= 0.6 is 11.8 Å². The maximum atomic E-state index is 11.3. The fraction of sp³-hybridized carbons (Fsp3) is 0.188. The Kier molecular flexibility index (Phi) is 5.59. The Bertz CT molecular complexity index is 719. The summed E-state index contributed by atoms with van der Waals surface area (Å²) in [6.45, 7) is -0.314. The molecule has 2 aromatic carbocycles. The molecule has 2 aromatic rings. The maximum Gasteiger partial charge on any atom is 0.336 e. The summed E-state index contributed by atoms with van der Waals surface area (Å²) in [4.78, 5) is 22.4. The van der Waals surface area contributed by atoms with E-state index in [0.29, 0.717) is 16.2 Å². The Balaban J connectivity index is 2.36. The lowest BCUT2D eigenvalue weighted by Crippen LogP contribution is -2.10. The topological polar surface area (TPSA) is 89.7 Å². The number of ether oxygens (including phenoxy) is 1. The molecule has 0 radical (unpaired) electrons. The smallest absolute Gasteiger partial charge is 0.336 e. The monoisotopic (exact) mass is 333 g/mol. The first-order valence-electron chi connectivity index (χ1n) is 6.76. The molecule has 0 aromatic heterocycles. The van der Waals surface area contributed by atoms with Crippen molar-refractivity contribution in [3.8, 4) is 5.75 Å². The van der Waals surface area contributed by atoms with Gasteiger partial charge in [-0.25, -0.2) is 4.79 Å². The SMILES string of the molecule is COc1cccc([C@H](C[N+](=O)[O-])Sc2ccccc2C(=O)O)c1. The van der Waals surface area contributed by atoms with Crippen LogP contribution in [0, 0.1) is 10.1 Å². The van der Waals surface area contributed by atoms with Crippen molar-refractivity contribution in [2.45, 2.75) is 10.1 Å². The van der Waals surface area contributed by atoms with Gasteiger partial charge in [-0.1, -0.05) is 24.3 Å². The zero-order valence-corrected chi connectivity index (χ0v) is 13.2. The van der Waals surface area contributed by atoms with Crippen molar-refractivity contribution in [3.63, 3.8) is 0 Å². The van der Waals surface area contributed by atoms with E-state index in [1.54, 1.807) is 42.5 Å². The zero-order chi connectivity index (χ0) is 16.8. The molecule has 1 atom stereocenters. The van der Waals surface area contributed by atoms with Gasteiger partial charge in [-0.3, -0.25) is 10.1 Å². The van der Waals surface area contributed by atoms with E-state index in [2.05, 4.69) is 0 Å². The molecule has 0 amide bonds. The van der Waals surface area contributed by atoms with Crippen molar-refractivity contribution in [2.24, 2.45) is 0 Å². The Morgan fingerprint density at radius 3 is 2.70 bits per heavy atom. The molecular formula is C16H15NO5S. The Labute approximate surface area is 137 Å². The number of rotatable bonds is 7. The van der Waals surface area contributed by atoms with Gasteiger partial charge in [-0.15, -0.1) is 11.8 Å². The van der Waals surface area contributed by atoms with Crippen molar-refractivity contribution in [1.82, 2.24) is 0 Å². The third-order valence-electron chi connectivity index (χ3n) is 3.17. The first-order chi connectivity index (χ1) is 11.0. The average Bonchev–Trinajstić information content (AvgIpc) is 2.54. The van der Waals surface area contributed by atoms with Crippen molar-refractivity contribution in [3.05, 3.63) is 69.8 Å². The number of thioether (sulfide) groups is 1. The van der Waals surface area contributed by atoms with Crippen LogP contribution in [0.5, 0.6) is 5.75 Å². The van der Waals surface area contributed by atoms with Gasteiger partial charge in [0.25, 0.3) is 0 Å². The summed E-state index contributed by atoms with van der Waals surface area (Å²) in [6, 6.07) is 13.5. The molecule has 0 aliphatic heterocycles. The summed E-state index contributed by atoms with van der Waals surface area (Å²) in [6.07, 6.45) is 0. The Hall–Kier alpha value is -2.54. The third kappa shape index (κ3) is 4.46. The molecule has 1 N–H and O–H groups in total. The first kappa shape index (κ1) is 16.8. The minimum atomic E-state index is -1.06. The minimum Gasteiger partial charge on any atom is -0.497 e. The lowest BCUT2D eigenvalue weighted by Gasteiger charge is -2.15. The summed E-state index contributed by atoms with van der Waals surface area (Å²) in [5.41, 5.74) is 0.847. The van der Waals surface area contributed by atoms with Gasteiger partial charge in [-0.05, 0) is 29.8 Å². The number of methoxy groups -OCH3 is 1. The van der Waals surface area contributed by atoms with Gasteiger partial charge in [0.1, 0.15) is 5.75 Å². The highest BCUT2D eigenvalue weighted by atomic mass is 32.2. The Morgan fingerprint density at radius 2 is 2.04 bits per heavy atom. The number of hydrogen-bond acceptors (Lipinski definition) is 5. The van der Waals surface area contributed by atoms with Gasteiger partial charge in [0, 0.05) is 9.82 Å². The minimum absolute atomic E-state index is 0.133. The van der Waals surface area contributed by atoms with Crippen LogP contribution in [0.1, 0.15) is 21.2 Å². The first-order valence-corrected chi connectivity index (χ1v) is 7.64. The molecule has 7 heteroatoms. The van der Waals surface area contributed by atoms with E-state index in [1.807, 2.05) is 0 Å². The van der Waals surface area contributed by atoms with Gasteiger partial charge in [0.15, 0.2) is 0 Å². The van der Waals surface area contributed by atoms with Crippen molar-refractivity contribution in [2.75, 3.05) is 13.7 Å². The highest BCUT2D eigenvalue weighted by Gasteiger charge is 2.22. The fourth-order valence-corrected chi connectivity index (χ4v) is 3.31. The molecule has 2 rings (SSSR count). The zero-order valence-electron chi connectivity index (χ0n) is 12.3. The molecule has 0 saturated carbocycles. The number of carboxylic acid groups (broad SMARTS) is 1. The van der Waals surface area contributed by atoms with Crippen LogP contribution in [0.3, 0.4) is 0 Å². The molecule has 0 aliphatic carbocycles. The Morgan fingerprint density at radius 1 is 1.30 bits per heavy atom. The predicted octanol–water partition coefficient (Wildman–Crippen LogP) is 3.50. The highest BCUT2D eigenvalue weighted by molar-refractivity contribution is 7.99. The summed E-state index contributed by atoms with van der Waals surface area (Å²) in [5, 5.41) is 19.7. The normalized spacial score (nSPS) is 11.7. The molecule has 0 unspecified atom stereocenters. The second kappa shape index (κ2) is 7.64. The molecule has 0 heterocycles. The van der Waals surface area contributed by atoms with E-state index < -0.39 is 16.1 Å². The fourth-order valence-electron chi connectivity index (χ4n) is 2.09. The van der Waals surface area contributed by atoms with E-state index >= 15 is 0 Å². The molecule has 120 valence electrons. The molecule has 0 saturated heterocycles. The maximum absolute atomic E-state index is 11.3. The van der Waals surface area contributed by atoms with E-state index in [4.69, 9.17) is 4.74 Å². The number of carboxylic acids is 1. The van der Waals surface area contributed by atoms with Crippen LogP contribution in [-0.4, -0.2) is 29.7 Å². The number of hydrogen-bond donors (Lipinski definition) is 1. The summed E-state index contributed by atoms with van der Waals surface area (Å²) in [7, 11) is 1.52. The lowest BCUT2D eigenvalue weighted by atomic mass is 10.1. The summed E-state index contributed by atoms with van der Waals surface area (Å²) < 4.78 is 5.15. The van der Waals surface area contributed by atoms with Crippen molar-refractivity contribution < 1.29 is 19.6 Å². The number of nitrogens with zero attached hydrogens (tertiary/aromatic N) is 1. The van der Waals surface area contributed by atoms with Crippen LogP contribution in [0.4, 0.5) is 0 Å². The van der Waals surface area contributed by atoms with Gasteiger partial charge in [-0.2, -0.15) is 0 Å². The molecule has 0 aliphatic rings. The molecule has 0 fully saturated rings. The van der Waals surface area contributed by atoms with Crippen LogP contribution in [0.25, 0.3) is 0 Å². The van der Waals surface area contributed by atoms with Gasteiger partial charge in [0.2, 0.25) is 6.54 Å². The van der Waals surface area contributed by atoms with E-state index in [1.165, 1.54) is 24.9 Å². The predicted molar refractivity (Wildman–Crippen MR) is 86.9 cm³/mol. The van der Waals surface area contributed by atoms with Gasteiger partial charge in [0.05, 0.1) is 17.9 Å². The van der Waals surface area contributed by atoms with E-state index in [0.717, 1.165) is 0 Å². The number of benzene rings is 2. The number of nitro groups is 1. The van der Waals surface area contributed by atoms with Crippen LogP contribution in [0.2, 0.25) is 0 Å². The van der Waals surface area contributed by atoms with Crippen molar-refractivity contribution in [1.29, 1.82) is 0 Å². The summed E-state index contributed by atoms with van der Waals surface area (Å²) in [5.74, 6) is -0.457. The number of carbonyl (C=O) groups is 1. The standard InChI is InChI=1S/C16H15NO5S/c1-22-12-6-4-5-11(9-12)15(10-17(20)21)23-14-8-3-2-7-13(14)16(18)19/h2-9,15H,10H2,1H3,(H,18,19)/t15-/m0/s1. The average molecular weight is 333 g/mol. The van der Waals surface area contributed by atoms with Gasteiger partial charge < -0.3 is 9.84 Å². The van der Waals surface area contributed by atoms with Gasteiger partial charge >= 0.3 is 5.97 Å². The second-order valence-corrected chi connectivity index (χ2v) is 5.94. The van der Waals surface area contributed by atoms with Crippen LogP contribution in [-0.2, 0) is 0 Å². The van der Waals surface area contributed by atoms with Crippen LogP contribution in [0.15, 0.2) is 53.4 Å². The van der Waals surface area contributed by atoms with E-state index in [9.17, 15) is 20.0 Å². The third-order valence-corrected chi connectivity index (χ3v) is 4.48. The highest BCUT2D eigenvalue weighted by Crippen LogP contribution is 2.38. The quantitative estimate of drug-likeness (QED) is 0.474. The molecule has 23 heavy (non-hydrogen) atoms. The summed E-state index contributed by atoms with van der Waals surface area (Å²) >= 11 is 1.17.